The van der Waals surface area contributed by atoms with Crippen molar-refractivity contribution in [2.75, 3.05) is 12.3 Å². The van der Waals surface area contributed by atoms with Gasteiger partial charge >= 0.3 is 0 Å². The number of nitrogen functional groups attached to an aromatic ring is 1. The number of benzene rings is 1. The van der Waals surface area contributed by atoms with E-state index in [1.54, 1.807) is 35.6 Å². The lowest BCUT2D eigenvalue weighted by molar-refractivity contribution is -0.123. The first-order valence-electron chi connectivity index (χ1n) is 6.80. The molecule has 0 radical (unpaired) electrons. The van der Waals surface area contributed by atoms with Crippen LogP contribution in [0, 0.1) is 0 Å². The molecule has 5 nitrogen and oxygen atoms in total. The van der Waals surface area contributed by atoms with Gasteiger partial charge in [0.25, 0.3) is 5.91 Å². The van der Waals surface area contributed by atoms with E-state index in [1.807, 2.05) is 13.1 Å². The number of aromatic nitrogens is 1. The summed E-state index contributed by atoms with van der Waals surface area (Å²) in [6.45, 7) is 3.97. The zero-order chi connectivity index (χ0) is 15.2. The van der Waals surface area contributed by atoms with Gasteiger partial charge in [-0.1, -0.05) is 6.92 Å². The summed E-state index contributed by atoms with van der Waals surface area (Å²) in [4.78, 5) is 17.4. The van der Waals surface area contributed by atoms with E-state index in [0.29, 0.717) is 11.4 Å². The van der Waals surface area contributed by atoms with Crippen molar-refractivity contribution in [3.05, 3.63) is 40.3 Å². The fraction of sp³-hybridized carbons (Fsp3) is 0.333. The Morgan fingerprint density at radius 3 is 2.76 bits per heavy atom. The van der Waals surface area contributed by atoms with Crippen molar-refractivity contribution in [3.63, 3.8) is 0 Å². The molecule has 0 aliphatic carbocycles. The Labute approximate surface area is 128 Å². The van der Waals surface area contributed by atoms with Gasteiger partial charge in [0.15, 0.2) is 6.61 Å². The molecule has 0 bridgehead atoms. The minimum Gasteiger partial charge on any atom is -0.484 e. The molecule has 1 unspecified atom stereocenters. The number of hydrogen-bond acceptors (Lipinski definition) is 5. The summed E-state index contributed by atoms with van der Waals surface area (Å²) >= 11 is 1.62. The molecule has 0 aliphatic rings. The van der Waals surface area contributed by atoms with Crippen LogP contribution in [0.4, 0.5) is 5.69 Å². The Kier molecular flexibility index (Phi) is 5.16. The monoisotopic (exact) mass is 305 g/mol. The van der Waals surface area contributed by atoms with Gasteiger partial charge in [0.1, 0.15) is 10.8 Å². The second kappa shape index (κ2) is 7.08. The van der Waals surface area contributed by atoms with Gasteiger partial charge in [-0.25, -0.2) is 4.98 Å². The van der Waals surface area contributed by atoms with E-state index in [2.05, 4.69) is 17.2 Å². The topological polar surface area (TPSA) is 77.2 Å². The predicted molar refractivity (Wildman–Crippen MR) is 84.4 cm³/mol. The number of carbonyl (C=O) groups is 1. The Bertz CT molecular complexity index is 595. The maximum absolute atomic E-state index is 11.9. The number of rotatable bonds is 6. The molecule has 1 aromatic heterocycles. The molecule has 0 saturated heterocycles. The van der Waals surface area contributed by atoms with E-state index in [1.165, 1.54) is 4.88 Å². The highest BCUT2D eigenvalue weighted by Crippen LogP contribution is 2.20. The van der Waals surface area contributed by atoms with E-state index >= 15 is 0 Å². The van der Waals surface area contributed by atoms with Gasteiger partial charge < -0.3 is 15.8 Å². The number of nitrogens with two attached hydrogens (primary N) is 1. The van der Waals surface area contributed by atoms with Crippen LogP contribution in [0.5, 0.6) is 5.75 Å². The number of carbonyl (C=O) groups excluding carboxylic acids is 1. The molecule has 0 saturated carbocycles. The lowest BCUT2D eigenvalue weighted by Crippen LogP contribution is -2.31. The maximum atomic E-state index is 11.9. The maximum Gasteiger partial charge on any atom is 0.258 e. The molecule has 3 N–H and O–H groups in total. The van der Waals surface area contributed by atoms with Crippen molar-refractivity contribution >= 4 is 22.9 Å². The van der Waals surface area contributed by atoms with E-state index in [4.69, 9.17) is 10.5 Å². The second-order valence-electron chi connectivity index (χ2n) is 4.67. The van der Waals surface area contributed by atoms with Crippen LogP contribution in [-0.2, 0) is 11.2 Å². The highest BCUT2D eigenvalue weighted by molar-refractivity contribution is 7.11. The molecule has 0 aliphatic heterocycles. The lowest BCUT2D eigenvalue weighted by atomic mass is 10.3. The summed E-state index contributed by atoms with van der Waals surface area (Å²) in [7, 11) is 0. The molecule has 2 rings (SSSR count). The van der Waals surface area contributed by atoms with Crippen LogP contribution >= 0.6 is 11.3 Å². The van der Waals surface area contributed by atoms with Crippen LogP contribution < -0.4 is 15.8 Å². The average Bonchev–Trinajstić information content (AvgIpc) is 2.96. The molecule has 1 atom stereocenters. The summed E-state index contributed by atoms with van der Waals surface area (Å²) in [5.41, 5.74) is 6.25. The molecule has 2 aromatic rings. The summed E-state index contributed by atoms with van der Waals surface area (Å²) in [5, 5.41) is 3.78. The molecule has 0 spiro atoms. The van der Waals surface area contributed by atoms with Gasteiger partial charge in [-0.05, 0) is 37.6 Å². The van der Waals surface area contributed by atoms with Crippen molar-refractivity contribution in [1.29, 1.82) is 0 Å². The van der Waals surface area contributed by atoms with Gasteiger partial charge in [-0.15, -0.1) is 11.3 Å². The Balaban J connectivity index is 1.82. The van der Waals surface area contributed by atoms with Gasteiger partial charge in [-0.3, -0.25) is 4.79 Å². The minimum absolute atomic E-state index is 0.0275. The molecule has 1 heterocycles. The summed E-state index contributed by atoms with van der Waals surface area (Å²) in [6.07, 6.45) is 2.81. The fourth-order valence-electron chi connectivity index (χ4n) is 1.74. The van der Waals surface area contributed by atoms with Crippen LogP contribution in [0.15, 0.2) is 30.5 Å². The van der Waals surface area contributed by atoms with Crippen molar-refractivity contribution in [2.45, 2.75) is 26.3 Å². The number of anilines is 1. The number of hydrogen-bond donors (Lipinski definition) is 2. The third-order valence-electron chi connectivity index (χ3n) is 2.92. The number of ether oxygens (including phenoxy) is 1. The first kappa shape index (κ1) is 15.3. The summed E-state index contributed by atoms with van der Waals surface area (Å²) in [5.74, 6) is 0.446. The highest BCUT2D eigenvalue weighted by atomic mass is 32.1. The largest absolute Gasteiger partial charge is 0.484 e. The standard InChI is InChI=1S/C15H19N3O2S/c1-3-13-8-17-15(21-13)10(2)18-14(19)9-20-12-6-4-11(16)5-7-12/h4-8,10H,3,9,16H2,1-2H3,(H,18,19). The third-order valence-corrected chi connectivity index (χ3v) is 4.24. The van der Waals surface area contributed by atoms with Crippen LogP contribution in [0.2, 0.25) is 0 Å². The molecular weight excluding hydrogens is 286 g/mol. The van der Waals surface area contributed by atoms with Gasteiger partial charge in [0.05, 0.1) is 6.04 Å². The summed E-state index contributed by atoms with van der Waals surface area (Å²) < 4.78 is 5.40. The number of aryl methyl sites for hydroxylation is 1. The Morgan fingerprint density at radius 2 is 2.14 bits per heavy atom. The summed E-state index contributed by atoms with van der Waals surface area (Å²) in [6, 6.07) is 6.83. The number of thiazole rings is 1. The van der Waals surface area contributed by atoms with Gasteiger partial charge in [0, 0.05) is 16.8 Å². The molecular formula is C15H19N3O2S. The quantitative estimate of drug-likeness (QED) is 0.804. The molecule has 1 amide bonds. The first-order chi connectivity index (χ1) is 10.1. The second-order valence-corrected chi connectivity index (χ2v) is 5.81. The van der Waals surface area contributed by atoms with Crippen LogP contribution in [-0.4, -0.2) is 17.5 Å². The molecule has 0 fully saturated rings. The molecule has 112 valence electrons. The fourth-order valence-corrected chi connectivity index (χ4v) is 2.60. The van der Waals surface area contributed by atoms with Crippen molar-refractivity contribution in [1.82, 2.24) is 10.3 Å². The number of nitrogens with one attached hydrogen (secondary N) is 1. The van der Waals surface area contributed by atoms with Crippen LogP contribution in [0.25, 0.3) is 0 Å². The zero-order valence-electron chi connectivity index (χ0n) is 12.1. The van der Waals surface area contributed by atoms with E-state index < -0.39 is 0 Å². The van der Waals surface area contributed by atoms with Crippen LogP contribution in [0.1, 0.15) is 29.8 Å². The SMILES string of the molecule is CCc1cnc(C(C)NC(=O)COc2ccc(N)cc2)s1. The molecule has 21 heavy (non-hydrogen) atoms. The Morgan fingerprint density at radius 1 is 1.43 bits per heavy atom. The van der Waals surface area contributed by atoms with E-state index in [-0.39, 0.29) is 18.6 Å². The first-order valence-corrected chi connectivity index (χ1v) is 7.62. The zero-order valence-corrected chi connectivity index (χ0v) is 12.9. The Hall–Kier alpha value is -2.08. The number of nitrogens with zero attached hydrogens (tertiary/aromatic N) is 1. The van der Waals surface area contributed by atoms with Gasteiger partial charge in [0.2, 0.25) is 0 Å². The van der Waals surface area contributed by atoms with E-state index in [9.17, 15) is 4.79 Å². The van der Waals surface area contributed by atoms with Gasteiger partial charge in [-0.2, -0.15) is 0 Å². The normalized spacial score (nSPS) is 11.9. The van der Waals surface area contributed by atoms with Crippen molar-refractivity contribution in [3.8, 4) is 5.75 Å². The van der Waals surface area contributed by atoms with Crippen molar-refractivity contribution in [2.24, 2.45) is 0 Å². The van der Waals surface area contributed by atoms with E-state index in [0.717, 1.165) is 11.4 Å². The third kappa shape index (κ3) is 4.46. The minimum atomic E-state index is -0.174. The van der Waals surface area contributed by atoms with Crippen molar-refractivity contribution < 1.29 is 9.53 Å². The average molecular weight is 305 g/mol. The highest BCUT2D eigenvalue weighted by Gasteiger charge is 2.13. The lowest BCUT2D eigenvalue weighted by Gasteiger charge is -2.12. The smallest absolute Gasteiger partial charge is 0.258 e. The van der Waals surface area contributed by atoms with Crippen LogP contribution in [0.3, 0.4) is 0 Å². The molecule has 1 aromatic carbocycles. The number of amides is 1. The predicted octanol–water partition coefficient (Wildman–Crippen LogP) is 2.54. The molecule has 6 heteroatoms.